The van der Waals surface area contributed by atoms with E-state index in [1.165, 1.54) is 12.5 Å². The summed E-state index contributed by atoms with van der Waals surface area (Å²) in [5.41, 5.74) is 0. The summed E-state index contributed by atoms with van der Waals surface area (Å²) in [5, 5.41) is 0.0490. The second-order valence-corrected chi connectivity index (χ2v) is 6.05. The van der Waals surface area contributed by atoms with Gasteiger partial charge in [0, 0.05) is 24.7 Å². The van der Waals surface area contributed by atoms with Crippen LogP contribution in [-0.2, 0) is 16.6 Å². The third kappa shape index (κ3) is 3.69. The van der Waals surface area contributed by atoms with E-state index in [1.54, 1.807) is 11.5 Å². The number of halogens is 1. The smallest absolute Gasteiger partial charge is 0.259 e. The van der Waals surface area contributed by atoms with Crippen LogP contribution in [0.15, 0.2) is 17.6 Å². The highest BCUT2D eigenvalue weighted by atomic mass is 35.5. The minimum Gasteiger partial charge on any atom is -0.336 e. The summed E-state index contributed by atoms with van der Waals surface area (Å²) in [4.78, 5) is 3.88. The van der Waals surface area contributed by atoms with Gasteiger partial charge in [0.1, 0.15) is 0 Å². The zero-order chi connectivity index (χ0) is 13.1. The summed E-state index contributed by atoms with van der Waals surface area (Å²) in [6.07, 6.45) is 3.02. The fourth-order valence-corrected chi connectivity index (χ4v) is 2.78. The molecule has 0 aromatic carbocycles. The molecule has 1 heterocycles. The van der Waals surface area contributed by atoms with E-state index in [-0.39, 0.29) is 17.0 Å². The molecular formula is C10H18ClN3O2S. The number of sulfonamides is 1. The Balaban J connectivity index is 2.81. The topological polar surface area (TPSA) is 64.0 Å². The van der Waals surface area contributed by atoms with Crippen LogP contribution >= 0.6 is 11.6 Å². The van der Waals surface area contributed by atoms with Crippen molar-refractivity contribution in [3.05, 3.63) is 12.5 Å². The van der Waals surface area contributed by atoms with Crippen molar-refractivity contribution in [1.82, 2.24) is 14.3 Å². The molecule has 0 bridgehead atoms. The van der Waals surface area contributed by atoms with Gasteiger partial charge in [-0.05, 0) is 19.8 Å². The number of hydrogen-bond donors (Lipinski definition) is 1. The third-order valence-corrected chi connectivity index (χ3v) is 4.62. The first-order valence-corrected chi connectivity index (χ1v) is 7.52. The lowest BCUT2D eigenvalue weighted by molar-refractivity contribution is 0.479. The van der Waals surface area contributed by atoms with Crippen molar-refractivity contribution >= 4 is 21.6 Å². The second kappa shape index (κ2) is 5.84. The van der Waals surface area contributed by atoms with E-state index in [9.17, 15) is 8.42 Å². The van der Waals surface area contributed by atoms with E-state index >= 15 is 0 Å². The zero-order valence-corrected chi connectivity index (χ0v) is 11.8. The van der Waals surface area contributed by atoms with Gasteiger partial charge in [-0.1, -0.05) is 6.92 Å². The summed E-state index contributed by atoms with van der Waals surface area (Å²) in [6, 6.07) is -0.218. The standard InChI is InChI=1S/C10H18ClN3O2S/c1-4-14-6-10(12-7-14)17(15,16)13-9(3)8(2)5-11/h6-9,13H,4-5H2,1-3H3. The molecule has 2 unspecified atom stereocenters. The highest BCUT2D eigenvalue weighted by molar-refractivity contribution is 7.89. The van der Waals surface area contributed by atoms with E-state index in [4.69, 9.17) is 11.6 Å². The van der Waals surface area contributed by atoms with Crippen molar-refractivity contribution < 1.29 is 8.42 Å². The first kappa shape index (κ1) is 14.5. The van der Waals surface area contributed by atoms with Crippen molar-refractivity contribution in [3.63, 3.8) is 0 Å². The van der Waals surface area contributed by atoms with Crippen LogP contribution in [0.5, 0.6) is 0 Å². The first-order valence-electron chi connectivity index (χ1n) is 5.50. The average molecular weight is 280 g/mol. The van der Waals surface area contributed by atoms with Crippen molar-refractivity contribution in [2.75, 3.05) is 5.88 Å². The van der Waals surface area contributed by atoms with Crippen LogP contribution in [0.4, 0.5) is 0 Å². The molecule has 1 aromatic rings. The summed E-state index contributed by atoms with van der Waals surface area (Å²) in [6.45, 7) is 6.30. The quantitative estimate of drug-likeness (QED) is 0.802. The average Bonchev–Trinajstić information content (AvgIpc) is 2.76. The lowest BCUT2D eigenvalue weighted by atomic mass is 10.1. The Morgan fingerprint density at radius 2 is 2.18 bits per heavy atom. The molecule has 0 aliphatic heterocycles. The van der Waals surface area contributed by atoms with Crippen LogP contribution < -0.4 is 4.72 Å². The van der Waals surface area contributed by atoms with E-state index in [0.29, 0.717) is 12.4 Å². The molecule has 1 rings (SSSR count). The molecule has 1 N–H and O–H groups in total. The molecule has 0 aliphatic carbocycles. The predicted octanol–water partition coefficient (Wildman–Crippen LogP) is 1.44. The normalized spacial score (nSPS) is 15.8. The van der Waals surface area contributed by atoms with Crippen molar-refractivity contribution in [2.24, 2.45) is 5.92 Å². The number of nitrogens with zero attached hydrogens (tertiary/aromatic N) is 2. The van der Waals surface area contributed by atoms with Crippen LogP contribution in [0.25, 0.3) is 0 Å². The number of aromatic nitrogens is 2. The molecule has 98 valence electrons. The lowest BCUT2D eigenvalue weighted by Crippen LogP contribution is -2.37. The Morgan fingerprint density at radius 1 is 1.53 bits per heavy atom. The van der Waals surface area contributed by atoms with Gasteiger partial charge < -0.3 is 4.57 Å². The largest absolute Gasteiger partial charge is 0.336 e. The summed E-state index contributed by atoms with van der Waals surface area (Å²) >= 11 is 5.69. The van der Waals surface area contributed by atoms with Gasteiger partial charge in [0.05, 0.1) is 6.33 Å². The molecule has 1 aromatic heterocycles. The van der Waals surface area contributed by atoms with E-state index < -0.39 is 10.0 Å². The Bertz CT molecular complexity index is 458. The Labute approximate surface area is 107 Å². The van der Waals surface area contributed by atoms with Crippen LogP contribution in [0.2, 0.25) is 0 Å². The van der Waals surface area contributed by atoms with Crippen molar-refractivity contribution in [2.45, 2.75) is 38.4 Å². The van der Waals surface area contributed by atoms with E-state index in [1.807, 2.05) is 13.8 Å². The summed E-state index contributed by atoms with van der Waals surface area (Å²) < 4.78 is 28.2. The maximum Gasteiger partial charge on any atom is 0.259 e. The first-order chi connectivity index (χ1) is 7.90. The number of imidazole rings is 1. The molecule has 0 aliphatic rings. The number of alkyl halides is 1. The van der Waals surface area contributed by atoms with Gasteiger partial charge in [-0.2, -0.15) is 0 Å². The van der Waals surface area contributed by atoms with E-state index in [0.717, 1.165) is 0 Å². The maximum absolute atomic E-state index is 12.0. The van der Waals surface area contributed by atoms with Crippen LogP contribution in [0.1, 0.15) is 20.8 Å². The monoisotopic (exact) mass is 279 g/mol. The van der Waals surface area contributed by atoms with Crippen LogP contribution in [0, 0.1) is 5.92 Å². The SMILES string of the molecule is CCn1cnc(S(=O)(=O)NC(C)C(C)CCl)c1. The lowest BCUT2D eigenvalue weighted by Gasteiger charge is -2.18. The minimum absolute atomic E-state index is 0.0490. The minimum atomic E-state index is -3.54. The molecule has 0 saturated heterocycles. The maximum atomic E-state index is 12.0. The summed E-state index contributed by atoms with van der Waals surface area (Å²) in [5.74, 6) is 0.479. The predicted molar refractivity (Wildman–Crippen MR) is 67.6 cm³/mol. The number of rotatable bonds is 6. The van der Waals surface area contributed by atoms with Crippen LogP contribution in [0.3, 0.4) is 0 Å². The van der Waals surface area contributed by atoms with Gasteiger partial charge in [0.15, 0.2) is 5.03 Å². The number of aryl methyl sites for hydroxylation is 1. The number of hydrogen-bond acceptors (Lipinski definition) is 3. The van der Waals surface area contributed by atoms with Gasteiger partial charge in [-0.25, -0.2) is 18.1 Å². The molecule has 17 heavy (non-hydrogen) atoms. The Kier molecular flexibility index (Phi) is 4.97. The van der Waals surface area contributed by atoms with Gasteiger partial charge in [-0.3, -0.25) is 0 Å². The van der Waals surface area contributed by atoms with Gasteiger partial charge in [0.25, 0.3) is 10.0 Å². The van der Waals surface area contributed by atoms with Crippen molar-refractivity contribution in [1.29, 1.82) is 0 Å². The van der Waals surface area contributed by atoms with Crippen LogP contribution in [-0.4, -0.2) is 29.9 Å². The van der Waals surface area contributed by atoms with Gasteiger partial charge >= 0.3 is 0 Å². The van der Waals surface area contributed by atoms with E-state index in [2.05, 4.69) is 9.71 Å². The Morgan fingerprint density at radius 3 is 2.65 bits per heavy atom. The Hall–Kier alpha value is -0.590. The zero-order valence-electron chi connectivity index (χ0n) is 10.2. The summed E-state index contributed by atoms with van der Waals surface area (Å²) in [7, 11) is -3.54. The number of nitrogens with one attached hydrogen (secondary N) is 1. The molecule has 2 atom stereocenters. The molecule has 0 spiro atoms. The third-order valence-electron chi connectivity index (χ3n) is 2.69. The highest BCUT2D eigenvalue weighted by Crippen LogP contribution is 2.10. The van der Waals surface area contributed by atoms with Gasteiger partial charge in [0.2, 0.25) is 0 Å². The second-order valence-electron chi connectivity index (χ2n) is 4.08. The molecule has 0 fully saturated rings. The molecule has 0 amide bonds. The van der Waals surface area contributed by atoms with Gasteiger partial charge in [-0.15, -0.1) is 11.6 Å². The molecule has 7 heteroatoms. The molecule has 0 radical (unpaired) electrons. The molecule has 0 saturated carbocycles. The fraction of sp³-hybridized carbons (Fsp3) is 0.700. The molecular weight excluding hydrogens is 262 g/mol. The highest BCUT2D eigenvalue weighted by Gasteiger charge is 2.22. The van der Waals surface area contributed by atoms with Crippen molar-refractivity contribution in [3.8, 4) is 0 Å². The fourth-order valence-electron chi connectivity index (χ4n) is 1.21. The molecule has 5 nitrogen and oxygen atoms in total.